The highest BCUT2D eigenvalue weighted by molar-refractivity contribution is 5.41. The smallest absolute Gasteiger partial charge is 0.122 e. The van der Waals surface area contributed by atoms with E-state index in [4.69, 9.17) is 4.74 Å². The van der Waals surface area contributed by atoms with Crippen LogP contribution in [0.1, 0.15) is 18.7 Å². The van der Waals surface area contributed by atoms with Crippen LogP contribution in [0.5, 0.6) is 0 Å². The van der Waals surface area contributed by atoms with E-state index in [0.29, 0.717) is 6.04 Å². The van der Waals surface area contributed by atoms with Crippen molar-refractivity contribution < 1.29 is 4.74 Å². The molecule has 2 fully saturated rings. The van der Waals surface area contributed by atoms with Crippen LogP contribution >= 0.6 is 0 Å². The van der Waals surface area contributed by atoms with Crippen LogP contribution in [0.15, 0.2) is 36.9 Å². The number of aryl methyl sites for hydroxylation is 1. The number of hydrogen-bond donors (Lipinski definition) is 1. The number of likely N-dealkylation sites (tertiary alicyclic amines) is 1. The number of pyridine rings is 1. The summed E-state index contributed by atoms with van der Waals surface area (Å²) in [7, 11) is 2.05. The Morgan fingerprint density at radius 1 is 1.43 bits per heavy atom. The number of nitrogens with one attached hydrogen (secondary N) is 1. The molecule has 0 bridgehead atoms. The maximum atomic E-state index is 6.21. The molecule has 0 saturated carbocycles. The second-order valence-electron chi connectivity index (χ2n) is 6.70. The lowest BCUT2D eigenvalue weighted by Gasteiger charge is -2.23. The van der Waals surface area contributed by atoms with Gasteiger partial charge in [-0.2, -0.15) is 0 Å². The Labute approximate surface area is 136 Å². The standard InChI is InChI=1S/C17H23N5O/c1-21-8-6-19-16(21)11-22-7-4-17(13-22)9-15(12-23-17)20-14-3-2-5-18-10-14/h2-3,5-6,8,10,15,20H,4,7,9,11-13H2,1H3/t15-,17+/m0/s1. The largest absolute Gasteiger partial charge is 0.379 e. The van der Waals surface area contributed by atoms with Gasteiger partial charge in [-0.3, -0.25) is 9.88 Å². The van der Waals surface area contributed by atoms with E-state index in [2.05, 4.69) is 30.8 Å². The zero-order valence-corrected chi connectivity index (χ0v) is 13.5. The van der Waals surface area contributed by atoms with Crippen LogP contribution in [0.25, 0.3) is 0 Å². The molecule has 1 spiro atoms. The van der Waals surface area contributed by atoms with Gasteiger partial charge in [-0.15, -0.1) is 0 Å². The van der Waals surface area contributed by atoms with Gasteiger partial charge in [0.15, 0.2) is 0 Å². The van der Waals surface area contributed by atoms with Gasteiger partial charge in [-0.1, -0.05) is 0 Å². The van der Waals surface area contributed by atoms with Crippen molar-refractivity contribution >= 4 is 5.69 Å². The zero-order valence-electron chi connectivity index (χ0n) is 13.5. The van der Waals surface area contributed by atoms with E-state index < -0.39 is 0 Å². The predicted molar refractivity (Wildman–Crippen MR) is 88.0 cm³/mol. The summed E-state index contributed by atoms with van der Waals surface area (Å²) >= 11 is 0. The fourth-order valence-electron chi connectivity index (χ4n) is 3.72. The molecule has 0 radical (unpaired) electrons. The maximum absolute atomic E-state index is 6.21. The van der Waals surface area contributed by atoms with E-state index in [1.54, 1.807) is 6.20 Å². The van der Waals surface area contributed by atoms with Crippen molar-refractivity contribution in [3.8, 4) is 0 Å². The van der Waals surface area contributed by atoms with Crippen molar-refractivity contribution in [3.05, 3.63) is 42.7 Å². The van der Waals surface area contributed by atoms with Gasteiger partial charge >= 0.3 is 0 Å². The molecule has 23 heavy (non-hydrogen) atoms. The minimum Gasteiger partial charge on any atom is -0.379 e. The van der Waals surface area contributed by atoms with Crippen LogP contribution in [0.3, 0.4) is 0 Å². The normalized spacial score (nSPS) is 27.8. The van der Waals surface area contributed by atoms with Crippen molar-refractivity contribution in [2.24, 2.45) is 7.05 Å². The third-order valence-electron chi connectivity index (χ3n) is 4.92. The van der Waals surface area contributed by atoms with Gasteiger partial charge in [0, 0.05) is 51.3 Å². The van der Waals surface area contributed by atoms with Crippen molar-refractivity contribution in [1.29, 1.82) is 0 Å². The minimum absolute atomic E-state index is 0.00500. The molecule has 2 saturated heterocycles. The van der Waals surface area contributed by atoms with Gasteiger partial charge in [0.2, 0.25) is 0 Å². The first-order chi connectivity index (χ1) is 11.2. The summed E-state index contributed by atoms with van der Waals surface area (Å²) in [6.45, 7) is 3.73. The average Bonchev–Trinajstić information content (AvgIpc) is 3.25. The minimum atomic E-state index is 0.00500. The summed E-state index contributed by atoms with van der Waals surface area (Å²) in [5.41, 5.74) is 1.08. The molecule has 0 aromatic carbocycles. The summed E-state index contributed by atoms with van der Waals surface area (Å²) in [5.74, 6) is 1.12. The van der Waals surface area contributed by atoms with Crippen LogP contribution in [0.2, 0.25) is 0 Å². The quantitative estimate of drug-likeness (QED) is 0.930. The van der Waals surface area contributed by atoms with E-state index in [1.807, 2.05) is 31.7 Å². The van der Waals surface area contributed by atoms with Gasteiger partial charge < -0.3 is 14.6 Å². The third-order valence-corrected chi connectivity index (χ3v) is 4.92. The average molecular weight is 313 g/mol. The van der Waals surface area contributed by atoms with Gasteiger partial charge in [-0.05, 0) is 18.6 Å². The summed E-state index contributed by atoms with van der Waals surface area (Å²) in [6, 6.07) is 4.38. The lowest BCUT2D eigenvalue weighted by atomic mass is 9.97. The predicted octanol–water partition coefficient (Wildman–Crippen LogP) is 1.66. The zero-order chi connectivity index (χ0) is 15.7. The number of nitrogens with zero attached hydrogens (tertiary/aromatic N) is 4. The molecule has 2 aromatic rings. The lowest BCUT2D eigenvalue weighted by Crippen LogP contribution is -2.33. The van der Waals surface area contributed by atoms with Crippen LogP contribution in [-0.2, 0) is 18.3 Å². The monoisotopic (exact) mass is 313 g/mol. The third kappa shape index (κ3) is 3.09. The summed E-state index contributed by atoms with van der Waals surface area (Å²) in [4.78, 5) is 11.0. The van der Waals surface area contributed by atoms with Crippen molar-refractivity contribution in [2.45, 2.75) is 31.0 Å². The number of anilines is 1. The van der Waals surface area contributed by atoms with E-state index in [1.165, 1.54) is 0 Å². The Morgan fingerprint density at radius 2 is 2.39 bits per heavy atom. The Morgan fingerprint density at radius 3 is 3.17 bits per heavy atom. The van der Waals surface area contributed by atoms with E-state index >= 15 is 0 Å². The molecular weight excluding hydrogens is 290 g/mol. The Kier molecular flexibility index (Phi) is 3.79. The van der Waals surface area contributed by atoms with Gasteiger partial charge in [0.1, 0.15) is 5.82 Å². The van der Waals surface area contributed by atoms with Gasteiger partial charge in [-0.25, -0.2) is 4.98 Å². The summed E-state index contributed by atoms with van der Waals surface area (Å²) < 4.78 is 8.30. The highest BCUT2D eigenvalue weighted by Gasteiger charge is 2.45. The van der Waals surface area contributed by atoms with Crippen LogP contribution in [0.4, 0.5) is 5.69 Å². The number of imidazole rings is 1. The fourth-order valence-corrected chi connectivity index (χ4v) is 3.72. The summed E-state index contributed by atoms with van der Waals surface area (Å²) in [6.07, 6.45) is 9.68. The topological polar surface area (TPSA) is 55.2 Å². The molecule has 1 N–H and O–H groups in total. The number of aromatic nitrogens is 3. The second kappa shape index (κ2) is 5.94. The molecule has 122 valence electrons. The highest BCUT2D eigenvalue weighted by atomic mass is 16.5. The van der Waals surface area contributed by atoms with Crippen molar-refractivity contribution in [2.75, 3.05) is 25.0 Å². The van der Waals surface area contributed by atoms with E-state index in [9.17, 15) is 0 Å². The highest BCUT2D eigenvalue weighted by Crippen LogP contribution is 2.36. The molecule has 4 rings (SSSR count). The van der Waals surface area contributed by atoms with Crippen LogP contribution in [0, 0.1) is 0 Å². The molecule has 2 aliphatic rings. The SMILES string of the molecule is Cn1ccnc1CN1CC[C@@]2(C[C@H](Nc3cccnc3)CO2)C1. The molecule has 0 unspecified atom stereocenters. The first kappa shape index (κ1) is 14.7. The molecule has 4 heterocycles. The number of hydrogen-bond acceptors (Lipinski definition) is 5. The van der Waals surface area contributed by atoms with Gasteiger partial charge in [0.25, 0.3) is 0 Å². The molecule has 2 atom stereocenters. The molecule has 0 amide bonds. The fraction of sp³-hybridized carbons (Fsp3) is 0.529. The first-order valence-corrected chi connectivity index (χ1v) is 8.22. The molecule has 6 nitrogen and oxygen atoms in total. The van der Waals surface area contributed by atoms with Gasteiger partial charge in [0.05, 0.1) is 30.5 Å². The molecule has 2 aromatic heterocycles. The number of rotatable bonds is 4. The molecule has 0 aliphatic carbocycles. The lowest BCUT2D eigenvalue weighted by molar-refractivity contribution is 0.0117. The van der Waals surface area contributed by atoms with E-state index in [-0.39, 0.29) is 5.60 Å². The molecule has 2 aliphatic heterocycles. The van der Waals surface area contributed by atoms with Crippen LogP contribution < -0.4 is 5.32 Å². The Bertz CT molecular complexity index is 658. The number of ether oxygens (including phenoxy) is 1. The van der Waals surface area contributed by atoms with Crippen molar-refractivity contribution in [1.82, 2.24) is 19.4 Å². The Balaban J connectivity index is 1.35. The molecule has 6 heteroatoms. The Hall–Kier alpha value is -1.92. The second-order valence-corrected chi connectivity index (χ2v) is 6.70. The van der Waals surface area contributed by atoms with E-state index in [0.717, 1.165) is 50.6 Å². The molecular formula is C17H23N5O. The van der Waals surface area contributed by atoms with Crippen LogP contribution in [-0.4, -0.2) is 50.8 Å². The summed E-state index contributed by atoms with van der Waals surface area (Å²) in [5, 5.41) is 3.54. The van der Waals surface area contributed by atoms with Crippen molar-refractivity contribution in [3.63, 3.8) is 0 Å². The maximum Gasteiger partial charge on any atom is 0.122 e. The first-order valence-electron chi connectivity index (χ1n) is 8.22.